The summed E-state index contributed by atoms with van der Waals surface area (Å²) in [5, 5.41) is 0. The first-order chi connectivity index (χ1) is 11.0. The zero-order valence-corrected chi connectivity index (χ0v) is 14.6. The largest absolute Gasteiger partial charge is 0.385 e. The molecular formula is C17H25NO4S. The Balaban J connectivity index is 1.65. The van der Waals surface area contributed by atoms with Crippen molar-refractivity contribution in [1.82, 2.24) is 4.31 Å². The predicted octanol–water partition coefficient (Wildman–Crippen LogP) is 2.20. The van der Waals surface area contributed by atoms with Crippen LogP contribution < -0.4 is 0 Å². The highest BCUT2D eigenvalue weighted by Crippen LogP contribution is 2.40. The third kappa shape index (κ3) is 3.45. The summed E-state index contributed by atoms with van der Waals surface area (Å²) in [5.41, 5.74) is 0.669. The normalized spacial score (nSPS) is 24.5. The molecule has 1 unspecified atom stereocenters. The lowest BCUT2D eigenvalue weighted by atomic mass is 9.80. The number of benzene rings is 1. The molecule has 0 aromatic heterocycles. The number of methoxy groups -OCH3 is 1. The summed E-state index contributed by atoms with van der Waals surface area (Å²) in [6.45, 7) is 4.31. The molecule has 0 radical (unpaired) electrons. The van der Waals surface area contributed by atoms with Gasteiger partial charge >= 0.3 is 0 Å². The van der Waals surface area contributed by atoms with Crippen molar-refractivity contribution in [1.29, 1.82) is 0 Å². The van der Waals surface area contributed by atoms with Crippen LogP contribution in [0.15, 0.2) is 29.2 Å². The van der Waals surface area contributed by atoms with Crippen LogP contribution in [0.1, 0.15) is 24.8 Å². The van der Waals surface area contributed by atoms with Crippen molar-refractivity contribution in [2.75, 3.05) is 33.4 Å². The fraction of sp³-hybridized carbons (Fsp3) is 0.647. The molecule has 0 amide bonds. The Labute approximate surface area is 138 Å². The van der Waals surface area contributed by atoms with Gasteiger partial charge in [-0.1, -0.05) is 12.1 Å². The number of hydrogen-bond acceptors (Lipinski definition) is 4. The van der Waals surface area contributed by atoms with Crippen LogP contribution in [0.3, 0.4) is 0 Å². The molecule has 2 saturated heterocycles. The molecule has 1 aromatic rings. The molecule has 0 bridgehead atoms. The van der Waals surface area contributed by atoms with Gasteiger partial charge in [-0.15, -0.1) is 0 Å². The fourth-order valence-corrected chi connectivity index (χ4v) is 5.27. The summed E-state index contributed by atoms with van der Waals surface area (Å²) in [6, 6.07) is 7.08. The minimum Gasteiger partial charge on any atom is -0.385 e. The van der Waals surface area contributed by atoms with E-state index in [0.717, 1.165) is 31.4 Å². The molecule has 0 saturated carbocycles. The Morgan fingerprint density at radius 1 is 1.39 bits per heavy atom. The molecule has 23 heavy (non-hydrogen) atoms. The minimum atomic E-state index is -3.41. The summed E-state index contributed by atoms with van der Waals surface area (Å²) in [4.78, 5) is 0.374. The van der Waals surface area contributed by atoms with Gasteiger partial charge in [0.1, 0.15) is 0 Å². The summed E-state index contributed by atoms with van der Waals surface area (Å²) < 4.78 is 38.0. The van der Waals surface area contributed by atoms with Gasteiger partial charge in [0.25, 0.3) is 0 Å². The van der Waals surface area contributed by atoms with Gasteiger partial charge in [-0.25, -0.2) is 8.42 Å². The van der Waals surface area contributed by atoms with Gasteiger partial charge in [-0.2, -0.15) is 4.31 Å². The topological polar surface area (TPSA) is 55.8 Å². The van der Waals surface area contributed by atoms with Crippen molar-refractivity contribution in [3.05, 3.63) is 29.8 Å². The van der Waals surface area contributed by atoms with Gasteiger partial charge in [-0.3, -0.25) is 0 Å². The molecule has 2 fully saturated rings. The standard InChI is InChI=1S/C17H25NO4S/c1-14-4-3-5-16(10-14)23(19,20)18-12-17(13-18)11-15(6-8-21-2)7-9-22-17/h3-5,10,15H,6-9,11-13H2,1-2H3. The van der Waals surface area contributed by atoms with Crippen LogP contribution in [0.2, 0.25) is 0 Å². The fourth-order valence-electron chi connectivity index (χ4n) is 3.57. The van der Waals surface area contributed by atoms with Crippen molar-refractivity contribution in [2.45, 2.75) is 36.7 Å². The van der Waals surface area contributed by atoms with Crippen LogP contribution in [0.5, 0.6) is 0 Å². The second-order valence-corrected chi connectivity index (χ2v) is 8.70. The molecule has 1 aromatic carbocycles. The first kappa shape index (κ1) is 16.9. The van der Waals surface area contributed by atoms with Crippen LogP contribution in [-0.2, 0) is 19.5 Å². The molecule has 1 spiro atoms. The number of ether oxygens (including phenoxy) is 2. The van der Waals surface area contributed by atoms with E-state index in [1.54, 1.807) is 29.6 Å². The summed E-state index contributed by atoms with van der Waals surface area (Å²) in [5.74, 6) is 0.563. The third-order valence-corrected chi connectivity index (χ3v) is 6.67. The molecule has 2 aliphatic rings. The molecule has 128 valence electrons. The van der Waals surface area contributed by atoms with Gasteiger partial charge in [0.2, 0.25) is 10.0 Å². The Hall–Kier alpha value is -0.950. The SMILES string of the molecule is COCCC1CCOC2(C1)CN(S(=O)(=O)c1cccc(C)c1)C2. The molecule has 0 aliphatic carbocycles. The highest BCUT2D eigenvalue weighted by molar-refractivity contribution is 7.89. The van der Waals surface area contributed by atoms with Crippen LogP contribution in [0.4, 0.5) is 0 Å². The number of rotatable bonds is 5. The Morgan fingerprint density at radius 3 is 2.87 bits per heavy atom. The van der Waals surface area contributed by atoms with Gasteiger partial charge in [0.15, 0.2) is 0 Å². The lowest BCUT2D eigenvalue weighted by Gasteiger charge is -2.52. The number of aryl methyl sites for hydroxylation is 1. The van der Waals surface area contributed by atoms with E-state index >= 15 is 0 Å². The smallest absolute Gasteiger partial charge is 0.243 e. The summed E-state index contributed by atoms with van der Waals surface area (Å²) in [6.07, 6.45) is 2.98. The highest BCUT2D eigenvalue weighted by atomic mass is 32.2. The van der Waals surface area contributed by atoms with E-state index < -0.39 is 10.0 Å². The highest BCUT2D eigenvalue weighted by Gasteiger charge is 2.51. The first-order valence-electron chi connectivity index (χ1n) is 8.15. The molecule has 1 atom stereocenters. The monoisotopic (exact) mass is 339 g/mol. The van der Waals surface area contributed by atoms with Crippen molar-refractivity contribution >= 4 is 10.0 Å². The molecule has 0 N–H and O–H groups in total. The van der Waals surface area contributed by atoms with Crippen molar-refractivity contribution in [3.8, 4) is 0 Å². The summed E-state index contributed by atoms with van der Waals surface area (Å²) >= 11 is 0. The van der Waals surface area contributed by atoms with Crippen LogP contribution >= 0.6 is 0 Å². The Morgan fingerprint density at radius 2 is 2.17 bits per heavy atom. The van der Waals surface area contributed by atoms with E-state index in [1.807, 2.05) is 13.0 Å². The van der Waals surface area contributed by atoms with E-state index in [4.69, 9.17) is 9.47 Å². The van der Waals surface area contributed by atoms with Gasteiger partial charge in [-0.05, 0) is 49.8 Å². The van der Waals surface area contributed by atoms with Crippen molar-refractivity contribution < 1.29 is 17.9 Å². The molecule has 3 rings (SSSR count). The van der Waals surface area contributed by atoms with Crippen LogP contribution in [0, 0.1) is 12.8 Å². The molecular weight excluding hydrogens is 314 g/mol. The van der Waals surface area contributed by atoms with Gasteiger partial charge in [0, 0.05) is 33.4 Å². The zero-order valence-electron chi connectivity index (χ0n) is 13.8. The third-order valence-electron chi connectivity index (χ3n) is 4.88. The van der Waals surface area contributed by atoms with Crippen LogP contribution in [0.25, 0.3) is 0 Å². The molecule has 6 heteroatoms. The number of nitrogens with zero attached hydrogens (tertiary/aromatic N) is 1. The summed E-state index contributed by atoms with van der Waals surface area (Å²) in [7, 11) is -1.69. The van der Waals surface area contributed by atoms with E-state index in [-0.39, 0.29) is 5.60 Å². The van der Waals surface area contributed by atoms with Gasteiger partial charge in [0.05, 0.1) is 10.5 Å². The molecule has 2 aliphatic heterocycles. The Kier molecular flexibility index (Phi) is 4.78. The molecule has 5 nitrogen and oxygen atoms in total. The average molecular weight is 339 g/mol. The van der Waals surface area contributed by atoms with E-state index in [2.05, 4.69) is 0 Å². The maximum atomic E-state index is 12.7. The maximum Gasteiger partial charge on any atom is 0.243 e. The first-order valence-corrected chi connectivity index (χ1v) is 9.59. The average Bonchev–Trinajstić information content (AvgIpc) is 2.50. The Bertz CT molecular complexity index is 652. The van der Waals surface area contributed by atoms with Crippen molar-refractivity contribution in [2.24, 2.45) is 5.92 Å². The van der Waals surface area contributed by atoms with Gasteiger partial charge < -0.3 is 9.47 Å². The number of hydrogen-bond donors (Lipinski definition) is 0. The minimum absolute atomic E-state index is 0.284. The predicted molar refractivity (Wildman–Crippen MR) is 87.8 cm³/mol. The van der Waals surface area contributed by atoms with E-state index in [9.17, 15) is 8.42 Å². The lowest BCUT2D eigenvalue weighted by molar-refractivity contribution is -0.157. The lowest BCUT2D eigenvalue weighted by Crippen LogP contribution is -2.66. The second-order valence-electron chi connectivity index (χ2n) is 6.76. The van der Waals surface area contributed by atoms with E-state index in [1.165, 1.54) is 0 Å². The second kappa shape index (κ2) is 6.51. The molecule has 2 heterocycles. The van der Waals surface area contributed by atoms with Crippen molar-refractivity contribution in [3.63, 3.8) is 0 Å². The number of sulfonamides is 1. The van der Waals surface area contributed by atoms with E-state index in [0.29, 0.717) is 30.5 Å². The quantitative estimate of drug-likeness (QED) is 0.825. The van der Waals surface area contributed by atoms with Crippen LogP contribution in [-0.4, -0.2) is 51.7 Å². The zero-order chi connectivity index (χ0) is 16.5. The maximum absolute atomic E-state index is 12.7.